The van der Waals surface area contributed by atoms with Crippen molar-refractivity contribution < 1.29 is 0 Å². The summed E-state index contributed by atoms with van der Waals surface area (Å²) in [5, 5.41) is 16.3. The van der Waals surface area contributed by atoms with Gasteiger partial charge in [-0.05, 0) is 82.2 Å². The molecule has 0 saturated carbocycles. The minimum atomic E-state index is 0.475. The Labute approximate surface area is 315 Å². The predicted molar refractivity (Wildman–Crippen MR) is 220 cm³/mol. The SMILES string of the molecule is [C-]#[N+]c1cncc(-c2cccc(-c3cc4c(c5ccccc35)c3c5ccccc5c(-c5cccc(-c6cncc(C#N)c6)n5)cc3n4-c3ccccc3)n2)c1. The quantitative estimate of drug-likeness (QED) is 0.167. The van der Waals surface area contributed by atoms with Gasteiger partial charge in [0.2, 0.25) is 5.69 Å². The van der Waals surface area contributed by atoms with Crippen molar-refractivity contribution >= 4 is 49.0 Å². The molecule has 5 heterocycles. The number of benzene rings is 5. The van der Waals surface area contributed by atoms with E-state index in [1.807, 2.05) is 54.6 Å². The molecule has 0 aliphatic rings. The molecule has 0 atom stereocenters. The van der Waals surface area contributed by atoms with Gasteiger partial charge in [-0.3, -0.25) is 9.97 Å². The molecule has 0 N–H and O–H groups in total. The summed E-state index contributed by atoms with van der Waals surface area (Å²) in [4.78, 5) is 22.5. The lowest BCUT2D eigenvalue weighted by molar-refractivity contribution is 1.18. The van der Waals surface area contributed by atoms with E-state index in [-0.39, 0.29) is 0 Å². The second-order valence-corrected chi connectivity index (χ2v) is 13.3. The van der Waals surface area contributed by atoms with Crippen molar-refractivity contribution in [3.63, 3.8) is 0 Å². The summed E-state index contributed by atoms with van der Waals surface area (Å²) in [5.74, 6) is 0. The van der Waals surface area contributed by atoms with Crippen molar-refractivity contribution in [1.82, 2.24) is 24.5 Å². The van der Waals surface area contributed by atoms with Crippen LogP contribution in [0.5, 0.6) is 0 Å². The third-order valence-corrected chi connectivity index (χ3v) is 10.2. The first-order valence-corrected chi connectivity index (χ1v) is 17.8. The first-order chi connectivity index (χ1) is 27.2. The van der Waals surface area contributed by atoms with Gasteiger partial charge >= 0.3 is 0 Å². The van der Waals surface area contributed by atoms with Crippen LogP contribution in [0.2, 0.25) is 0 Å². The van der Waals surface area contributed by atoms with Crippen LogP contribution in [0.1, 0.15) is 5.56 Å². The number of nitriles is 1. The molecule has 0 amide bonds. The number of hydrogen-bond acceptors (Lipinski definition) is 5. The number of para-hydroxylation sites is 1. The number of aromatic nitrogens is 5. The van der Waals surface area contributed by atoms with Gasteiger partial charge in [-0.15, -0.1) is 0 Å². The van der Waals surface area contributed by atoms with Crippen LogP contribution in [0.3, 0.4) is 0 Å². The Balaban J connectivity index is 1.29. The highest BCUT2D eigenvalue weighted by Gasteiger charge is 2.22. The maximum Gasteiger partial charge on any atom is 0.205 e. The summed E-state index contributed by atoms with van der Waals surface area (Å²) in [7, 11) is 0. The first kappa shape index (κ1) is 31.7. The number of fused-ring (bicyclic) bond motifs is 7. The van der Waals surface area contributed by atoms with Crippen molar-refractivity contribution in [2.45, 2.75) is 0 Å². The highest BCUT2D eigenvalue weighted by atomic mass is 15.0. The molecule has 254 valence electrons. The molecular weight excluding hydrogens is 675 g/mol. The maximum atomic E-state index is 9.54. The smallest absolute Gasteiger partial charge is 0.205 e. The molecule has 55 heavy (non-hydrogen) atoms. The van der Waals surface area contributed by atoms with E-state index in [0.717, 1.165) is 94.1 Å². The van der Waals surface area contributed by atoms with Crippen molar-refractivity contribution in [1.29, 1.82) is 5.26 Å². The molecule has 0 bridgehead atoms. The largest absolute Gasteiger partial charge is 0.309 e. The predicted octanol–water partition coefficient (Wildman–Crippen LogP) is 11.8. The van der Waals surface area contributed by atoms with Crippen molar-refractivity contribution in [3.05, 3.63) is 181 Å². The molecule has 10 aromatic rings. The molecule has 5 aromatic carbocycles. The third-order valence-electron chi connectivity index (χ3n) is 10.2. The van der Waals surface area contributed by atoms with Crippen LogP contribution in [0.25, 0.3) is 98.9 Å². The summed E-state index contributed by atoms with van der Waals surface area (Å²) in [5.41, 5.74) is 10.9. The first-order valence-electron chi connectivity index (χ1n) is 17.8. The topological polar surface area (TPSA) is 84.6 Å². The molecule has 10 rings (SSSR count). The number of nitrogens with zero attached hydrogens (tertiary/aromatic N) is 7. The molecule has 0 fully saturated rings. The second-order valence-electron chi connectivity index (χ2n) is 13.3. The lowest BCUT2D eigenvalue weighted by atomic mass is 9.93. The summed E-state index contributed by atoms with van der Waals surface area (Å²) >= 11 is 0. The van der Waals surface area contributed by atoms with E-state index < -0.39 is 0 Å². The van der Waals surface area contributed by atoms with Crippen LogP contribution in [-0.4, -0.2) is 24.5 Å². The van der Waals surface area contributed by atoms with E-state index in [1.165, 1.54) is 0 Å². The van der Waals surface area contributed by atoms with Gasteiger partial charge in [0.15, 0.2) is 0 Å². The Morgan fingerprint density at radius 1 is 0.509 bits per heavy atom. The van der Waals surface area contributed by atoms with Crippen molar-refractivity contribution in [3.8, 4) is 56.8 Å². The Kier molecular flexibility index (Phi) is 7.43. The monoisotopic (exact) mass is 701 g/mol. The standard InChI is InChI=1S/C48H27N7/c1-50-33-22-32(28-52-29-33)42-18-10-20-44(54-42)40-24-46-48(38-16-8-6-14-36(38)40)47-37-15-7-5-13-35(37)39(23-45(47)55(46)34-11-3-2-4-12-34)43-19-9-17-41(53-43)31-21-30(25-49)26-51-27-31/h2-24,26-29H. The van der Waals surface area contributed by atoms with Gasteiger partial charge in [-0.1, -0.05) is 78.9 Å². The van der Waals surface area contributed by atoms with Crippen LogP contribution in [-0.2, 0) is 0 Å². The van der Waals surface area contributed by atoms with Gasteiger partial charge in [0.05, 0.1) is 45.9 Å². The van der Waals surface area contributed by atoms with Gasteiger partial charge in [-0.2, -0.15) is 5.26 Å². The number of pyridine rings is 4. The fourth-order valence-corrected chi connectivity index (χ4v) is 7.77. The summed E-state index contributed by atoms with van der Waals surface area (Å²) in [6.45, 7) is 7.50. The average molecular weight is 702 g/mol. The van der Waals surface area contributed by atoms with E-state index in [1.54, 1.807) is 24.8 Å². The summed E-state index contributed by atoms with van der Waals surface area (Å²) < 4.78 is 2.35. The minimum Gasteiger partial charge on any atom is -0.309 e. The zero-order valence-electron chi connectivity index (χ0n) is 29.2. The van der Waals surface area contributed by atoms with Crippen LogP contribution in [0.4, 0.5) is 5.69 Å². The summed E-state index contributed by atoms with van der Waals surface area (Å²) in [6.07, 6.45) is 6.63. The highest BCUT2D eigenvalue weighted by Crippen LogP contribution is 2.46. The Morgan fingerprint density at radius 3 is 1.58 bits per heavy atom. The molecule has 0 unspecified atom stereocenters. The van der Waals surface area contributed by atoms with Gasteiger partial charge in [0.1, 0.15) is 6.07 Å². The number of hydrogen-bond donors (Lipinski definition) is 0. The van der Waals surface area contributed by atoms with E-state index in [4.69, 9.17) is 16.5 Å². The molecule has 5 aromatic heterocycles. The van der Waals surface area contributed by atoms with Crippen LogP contribution >= 0.6 is 0 Å². The number of rotatable bonds is 5. The lowest BCUT2D eigenvalue weighted by Crippen LogP contribution is -1.96. The molecule has 0 spiro atoms. The molecule has 0 aliphatic carbocycles. The van der Waals surface area contributed by atoms with E-state index in [9.17, 15) is 5.26 Å². The van der Waals surface area contributed by atoms with E-state index >= 15 is 0 Å². The van der Waals surface area contributed by atoms with Gasteiger partial charge in [-0.25, -0.2) is 14.8 Å². The molecule has 7 heteroatoms. The zero-order chi connectivity index (χ0) is 36.9. The van der Waals surface area contributed by atoms with Gasteiger partial charge in [0, 0.05) is 63.5 Å². The highest BCUT2D eigenvalue weighted by molar-refractivity contribution is 6.31. The van der Waals surface area contributed by atoms with Crippen LogP contribution in [0.15, 0.2) is 164 Å². The van der Waals surface area contributed by atoms with Crippen LogP contribution < -0.4 is 0 Å². The Bertz CT molecular complexity index is 3040. The Morgan fingerprint density at radius 2 is 1.02 bits per heavy atom. The fraction of sp³-hybridized carbons (Fsp3) is 0. The fourth-order valence-electron chi connectivity index (χ4n) is 7.77. The Hall–Kier alpha value is -8.00. The molecule has 7 nitrogen and oxygen atoms in total. The normalized spacial score (nSPS) is 11.2. The van der Waals surface area contributed by atoms with Crippen LogP contribution in [0, 0.1) is 17.9 Å². The molecule has 0 saturated heterocycles. The summed E-state index contributed by atoms with van der Waals surface area (Å²) in [6, 6.07) is 50.0. The molecular formula is C48H27N7. The van der Waals surface area contributed by atoms with E-state index in [2.05, 4.69) is 110 Å². The van der Waals surface area contributed by atoms with E-state index in [0.29, 0.717) is 11.3 Å². The van der Waals surface area contributed by atoms with Gasteiger partial charge in [0.25, 0.3) is 0 Å². The average Bonchev–Trinajstić information content (AvgIpc) is 3.61. The molecule has 0 aliphatic heterocycles. The third kappa shape index (κ3) is 5.27. The zero-order valence-corrected chi connectivity index (χ0v) is 29.2. The van der Waals surface area contributed by atoms with Crippen molar-refractivity contribution in [2.24, 2.45) is 0 Å². The van der Waals surface area contributed by atoms with Gasteiger partial charge < -0.3 is 4.57 Å². The second kappa shape index (κ2) is 12.9. The van der Waals surface area contributed by atoms with Crippen molar-refractivity contribution in [2.75, 3.05) is 0 Å². The maximum absolute atomic E-state index is 9.54. The lowest BCUT2D eigenvalue weighted by Gasteiger charge is -2.13. The minimum absolute atomic E-state index is 0.475. The molecule has 0 radical (unpaired) electrons.